The lowest BCUT2D eigenvalue weighted by Crippen LogP contribution is -2.57. The number of rotatable bonds is 2. The number of hydrogen-bond acceptors (Lipinski definition) is 4. The van der Waals surface area contributed by atoms with Gasteiger partial charge in [0.05, 0.1) is 10.7 Å². The van der Waals surface area contributed by atoms with E-state index in [1.54, 1.807) is 6.20 Å². The first-order chi connectivity index (χ1) is 13.2. The van der Waals surface area contributed by atoms with Gasteiger partial charge in [-0.1, -0.05) is 44.5 Å². The van der Waals surface area contributed by atoms with E-state index in [1.807, 2.05) is 48.2 Å². The molecule has 1 aliphatic heterocycles. The van der Waals surface area contributed by atoms with Crippen LogP contribution in [0.2, 0.25) is 5.02 Å². The zero-order chi connectivity index (χ0) is 20.5. The Labute approximate surface area is 171 Å². The second kappa shape index (κ2) is 7.97. The van der Waals surface area contributed by atoms with Crippen molar-refractivity contribution in [1.82, 2.24) is 9.88 Å². The molecule has 0 spiro atoms. The molecule has 1 aliphatic rings. The average molecular weight is 402 g/mol. The number of hydrogen-bond donors (Lipinski definition) is 2. The van der Waals surface area contributed by atoms with Crippen LogP contribution < -0.4 is 9.96 Å². The molecule has 2 aromatic rings. The second-order valence-electron chi connectivity index (χ2n) is 8.23. The Morgan fingerprint density at radius 1 is 1.21 bits per heavy atom. The summed E-state index contributed by atoms with van der Waals surface area (Å²) in [7, 11) is 0. The quantitative estimate of drug-likeness (QED) is 0.444. The van der Waals surface area contributed by atoms with E-state index in [0.717, 1.165) is 10.9 Å². The minimum absolute atomic E-state index is 0.0304. The Morgan fingerprint density at radius 2 is 1.89 bits per heavy atom. The van der Waals surface area contributed by atoms with Crippen LogP contribution in [0.25, 0.3) is 0 Å². The molecular weight excluding hydrogens is 374 g/mol. The molecule has 0 aliphatic carbocycles. The number of nitrogens with zero attached hydrogens (tertiary/aromatic N) is 4. The molecule has 150 valence electrons. The normalized spacial score (nSPS) is 17.6. The Kier molecular flexibility index (Phi) is 5.82. The predicted molar refractivity (Wildman–Crippen MR) is 115 cm³/mol. The highest BCUT2D eigenvalue weighted by Crippen LogP contribution is 2.27. The highest BCUT2D eigenvalue weighted by molar-refractivity contribution is 6.32. The van der Waals surface area contributed by atoms with Gasteiger partial charge in [0.15, 0.2) is 0 Å². The van der Waals surface area contributed by atoms with Gasteiger partial charge in [-0.2, -0.15) is 5.06 Å². The van der Waals surface area contributed by atoms with Gasteiger partial charge in [0.25, 0.3) is 0 Å². The van der Waals surface area contributed by atoms with Gasteiger partial charge in [0.1, 0.15) is 5.82 Å². The van der Waals surface area contributed by atoms with E-state index >= 15 is 0 Å². The van der Waals surface area contributed by atoms with Crippen LogP contribution in [0.4, 0.5) is 11.5 Å². The van der Waals surface area contributed by atoms with Gasteiger partial charge in [-0.25, -0.2) is 4.98 Å². The van der Waals surface area contributed by atoms with Crippen LogP contribution in [0.15, 0.2) is 42.6 Å². The highest BCUT2D eigenvalue weighted by atomic mass is 35.5. The number of pyridine rings is 1. The molecule has 2 N–H and O–H groups in total. The third kappa shape index (κ3) is 4.23. The third-order valence-corrected chi connectivity index (χ3v) is 5.41. The molecule has 6 nitrogen and oxygen atoms in total. The summed E-state index contributed by atoms with van der Waals surface area (Å²) in [4.78, 5) is 8.39. The Morgan fingerprint density at radius 3 is 2.46 bits per heavy atom. The van der Waals surface area contributed by atoms with Crippen molar-refractivity contribution in [3.8, 4) is 0 Å². The summed E-state index contributed by atoms with van der Waals surface area (Å²) in [5.41, 5.74) is 1.81. The smallest absolute Gasteiger partial charge is 0.223 e. The number of benzene rings is 1. The molecule has 28 heavy (non-hydrogen) atoms. The fourth-order valence-electron chi connectivity index (χ4n) is 3.42. The van der Waals surface area contributed by atoms with E-state index in [0.29, 0.717) is 30.3 Å². The zero-order valence-electron chi connectivity index (χ0n) is 16.9. The van der Waals surface area contributed by atoms with E-state index < -0.39 is 0 Å². The molecular formula is C21H28ClN5O. The van der Waals surface area contributed by atoms with E-state index in [9.17, 15) is 5.21 Å². The van der Waals surface area contributed by atoms with Crippen molar-refractivity contribution in [3.63, 3.8) is 0 Å². The first kappa shape index (κ1) is 20.4. The number of anilines is 2. The molecule has 0 radical (unpaired) electrons. The average Bonchev–Trinajstić information content (AvgIpc) is 2.66. The fraction of sp³-hybridized carbons (Fsp3) is 0.429. The fourth-order valence-corrected chi connectivity index (χ4v) is 3.66. The van der Waals surface area contributed by atoms with Gasteiger partial charge >= 0.3 is 0 Å². The van der Waals surface area contributed by atoms with E-state index in [4.69, 9.17) is 17.0 Å². The molecule has 0 bridgehead atoms. The summed E-state index contributed by atoms with van der Waals surface area (Å²) in [5, 5.41) is 20.7. The number of aromatic nitrogens is 1. The van der Waals surface area contributed by atoms with Gasteiger partial charge in [-0.05, 0) is 42.2 Å². The molecule has 0 amide bonds. The van der Waals surface area contributed by atoms with Crippen LogP contribution >= 0.6 is 11.6 Å². The molecule has 0 saturated carbocycles. The molecule has 3 rings (SSSR count). The minimum Gasteiger partial charge on any atom is -0.352 e. The van der Waals surface area contributed by atoms with Crippen molar-refractivity contribution >= 4 is 29.1 Å². The number of piperazine rings is 1. The molecule has 0 unspecified atom stereocenters. The van der Waals surface area contributed by atoms with E-state index in [2.05, 4.69) is 30.7 Å². The summed E-state index contributed by atoms with van der Waals surface area (Å²) in [6.07, 6.45) is 1.73. The Bertz CT molecular complexity index is 833. The van der Waals surface area contributed by atoms with Crippen molar-refractivity contribution in [1.29, 1.82) is 5.41 Å². The van der Waals surface area contributed by atoms with Crippen LogP contribution in [-0.2, 0) is 5.41 Å². The molecule has 1 saturated heterocycles. The standard InChI is InChI=1S/C21H28ClN5O/c1-15-14-25(19-18(22)6-5-11-24-19)12-13-26(15)20(23)27(28)17-9-7-16(8-10-17)21(2,3)4/h5-11,15,23,28H,12-14H2,1-4H3/t15-/m1/s1. The first-order valence-corrected chi connectivity index (χ1v) is 9.86. The molecule has 1 aromatic heterocycles. The molecule has 1 aromatic carbocycles. The van der Waals surface area contributed by atoms with Crippen LogP contribution in [-0.4, -0.2) is 46.7 Å². The van der Waals surface area contributed by atoms with E-state index in [-0.39, 0.29) is 17.4 Å². The summed E-state index contributed by atoms with van der Waals surface area (Å²) < 4.78 is 0. The summed E-state index contributed by atoms with van der Waals surface area (Å²) >= 11 is 6.27. The maximum absolute atomic E-state index is 10.6. The maximum atomic E-state index is 10.6. The van der Waals surface area contributed by atoms with Gasteiger partial charge in [0, 0.05) is 31.9 Å². The van der Waals surface area contributed by atoms with Crippen molar-refractivity contribution in [3.05, 3.63) is 53.2 Å². The summed E-state index contributed by atoms with van der Waals surface area (Å²) in [5.74, 6) is 0.837. The monoisotopic (exact) mass is 401 g/mol. The lowest BCUT2D eigenvalue weighted by Gasteiger charge is -2.42. The largest absolute Gasteiger partial charge is 0.352 e. The topological polar surface area (TPSA) is 66.7 Å². The second-order valence-corrected chi connectivity index (χ2v) is 8.64. The molecule has 7 heteroatoms. The van der Waals surface area contributed by atoms with Gasteiger partial charge in [-0.3, -0.25) is 10.6 Å². The maximum Gasteiger partial charge on any atom is 0.223 e. The summed E-state index contributed by atoms with van der Waals surface area (Å²) in [6, 6.07) is 11.4. The first-order valence-electron chi connectivity index (χ1n) is 9.48. The van der Waals surface area contributed by atoms with Gasteiger partial charge in [0.2, 0.25) is 5.96 Å². The SMILES string of the molecule is C[C@@H]1CN(c2ncccc2Cl)CCN1C(=N)N(O)c1ccc(C(C)(C)C)cc1. The minimum atomic E-state index is 0.0304. The molecule has 1 atom stereocenters. The highest BCUT2D eigenvalue weighted by Gasteiger charge is 2.29. The van der Waals surface area contributed by atoms with Gasteiger partial charge < -0.3 is 9.80 Å². The zero-order valence-corrected chi connectivity index (χ0v) is 17.6. The molecule has 1 fully saturated rings. The number of guanidine groups is 1. The van der Waals surface area contributed by atoms with Crippen molar-refractivity contribution in [2.45, 2.75) is 39.2 Å². The summed E-state index contributed by atoms with van der Waals surface area (Å²) in [6.45, 7) is 10.4. The third-order valence-electron chi connectivity index (χ3n) is 5.12. The Hall–Kier alpha value is -2.31. The number of nitrogens with one attached hydrogen (secondary N) is 1. The number of halogens is 1. The molecule has 2 heterocycles. The van der Waals surface area contributed by atoms with Crippen molar-refractivity contribution in [2.75, 3.05) is 29.6 Å². The van der Waals surface area contributed by atoms with Crippen LogP contribution in [0.3, 0.4) is 0 Å². The Balaban J connectivity index is 1.69. The predicted octanol–water partition coefficient (Wildman–Crippen LogP) is 4.37. The lowest BCUT2D eigenvalue weighted by molar-refractivity contribution is 0.242. The van der Waals surface area contributed by atoms with Gasteiger partial charge in [-0.15, -0.1) is 0 Å². The number of hydroxylamine groups is 1. The van der Waals surface area contributed by atoms with Crippen LogP contribution in [0, 0.1) is 5.41 Å². The van der Waals surface area contributed by atoms with Crippen LogP contribution in [0.1, 0.15) is 33.3 Å². The van der Waals surface area contributed by atoms with Crippen molar-refractivity contribution < 1.29 is 5.21 Å². The van der Waals surface area contributed by atoms with Crippen molar-refractivity contribution in [2.24, 2.45) is 0 Å². The van der Waals surface area contributed by atoms with E-state index in [1.165, 1.54) is 5.56 Å². The lowest BCUT2D eigenvalue weighted by atomic mass is 9.87. The van der Waals surface area contributed by atoms with Crippen LogP contribution in [0.5, 0.6) is 0 Å².